The first-order chi connectivity index (χ1) is 13.1. The third kappa shape index (κ3) is 4.76. The molecular weight excluding hydrogens is 344 g/mol. The lowest BCUT2D eigenvalue weighted by atomic mass is 10.1. The van der Waals surface area contributed by atoms with E-state index in [1.165, 1.54) is 6.26 Å². The molecule has 0 aliphatic carbocycles. The number of hydrogen-bond acceptors (Lipinski definition) is 4. The van der Waals surface area contributed by atoms with Crippen molar-refractivity contribution >= 4 is 17.5 Å². The number of amides is 2. The summed E-state index contributed by atoms with van der Waals surface area (Å²) in [6.07, 6.45) is 1.42. The average Bonchev–Trinajstić information content (AvgIpc) is 3.22. The Hall–Kier alpha value is -3.54. The highest BCUT2D eigenvalue weighted by Crippen LogP contribution is 2.21. The van der Waals surface area contributed by atoms with Gasteiger partial charge in [0.05, 0.1) is 24.1 Å². The number of furan rings is 1. The number of carbonyl (C=O) groups is 2. The van der Waals surface area contributed by atoms with Crippen molar-refractivity contribution in [3.05, 3.63) is 83.8 Å². The lowest BCUT2D eigenvalue weighted by molar-refractivity contribution is 0.0948. The predicted octanol–water partition coefficient (Wildman–Crippen LogP) is 3.65. The Labute approximate surface area is 157 Å². The summed E-state index contributed by atoms with van der Waals surface area (Å²) < 4.78 is 10.7. The van der Waals surface area contributed by atoms with Gasteiger partial charge in [0.25, 0.3) is 11.8 Å². The summed E-state index contributed by atoms with van der Waals surface area (Å²) in [7, 11) is 0. The van der Waals surface area contributed by atoms with Crippen LogP contribution < -0.4 is 15.4 Å². The van der Waals surface area contributed by atoms with Crippen LogP contribution >= 0.6 is 0 Å². The molecule has 0 spiro atoms. The molecule has 2 aromatic carbocycles. The largest absolute Gasteiger partial charge is 0.492 e. The van der Waals surface area contributed by atoms with E-state index in [4.69, 9.17) is 9.15 Å². The topological polar surface area (TPSA) is 80.6 Å². The van der Waals surface area contributed by atoms with Crippen LogP contribution in [0, 0.1) is 6.92 Å². The van der Waals surface area contributed by atoms with E-state index in [1.54, 1.807) is 24.3 Å². The van der Waals surface area contributed by atoms with Crippen LogP contribution in [0.15, 0.2) is 71.3 Å². The molecule has 0 aliphatic heterocycles. The number of anilines is 1. The highest BCUT2D eigenvalue weighted by Gasteiger charge is 2.17. The molecule has 0 fully saturated rings. The Balaban J connectivity index is 1.62. The first-order valence-electron chi connectivity index (χ1n) is 8.55. The normalized spacial score (nSPS) is 10.3. The van der Waals surface area contributed by atoms with Crippen molar-refractivity contribution < 1.29 is 18.7 Å². The summed E-state index contributed by atoms with van der Waals surface area (Å²) in [6.45, 7) is 2.51. The maximum atomic E-state index is 12.6. The molecule has 0 unspecified atom stereocenters. The number of nitrogens with one attached hydrogen (secondary N) is 2. The smallest absolute Gasteiger partial charge is 0.291 e. The lowest BCUT2D eigenvalue weighted by Crippen LogP contribution is -2.29. The third-order valence-corrected chi connectivity index (χ3v) is 3.90. The Morgan fingerprint density at radius 2 is 1.78 bits per heavy atom. The fraction of sp³-hybridized carbons (Fsp3) is 0.143. The van der Waals surface area contributed by atoms with Gasteiger partial charge in [0, 0.05) is 0 Å². The van der Waals surface area contributed by atoms with Gasteiger partial charge in [-0.05, 0) is 42.8 Å². The van der Waals surface area contributed by atoms with Crippen molar-refractivity contribution in [2.45, 2.75) is 6.92 Å². The Bertz CT molecular complexity index is 905. The van der Waals surface area contributed by atoms with Gasteiger partial charge in [0.2, 0.25) is 0 Å². The lowest BCUT2D eigenvalue weighted by Gasteiger charge is -2.13. The number of ether oxygens (including phenoxy) is 1. The zero-order valence-corrected chi connectivity index (χ0v) is 14.9. The monoisotopic (exact) mass is 364 g/mol. The second-order valence-corrected chi connectivity index (χ2v) is 5.85. The zero-order chi connectivity index (χ0) is 19.1. The molecule has 1 aromatic heterocycles. The fourth-order valence-electron chi connectivity index (χ4n) is 2.55. The van der Waals surface area contributed by atoms with E-state index in [9.17, 15) is 9.59 Å². The molecule has 3 aromatic rings. The number of rotatable bonds is 7. The predicted molar refractivity (Wildman–Crippen MR) is 102 cm³/mol. The van der Waals surface area contributed by atoms with E-state index < -0.39 is 5.91 Å². The zero-order valence-electron chi connectivity index (χ0n) is 14.9. The molecule has 0 radical (unpaired) electrons. The van der Waals surface area contributed by atoms with E-state index >= 15 is 0 Å². The highest BCUT2D eigenvalue weighted by atomic mass is 16.5. The Morgan fingerprint density at radius 1 is 0.963 bits per heavy atom. The molecule has 6 nitrogen and oxygen atoms in total. The number of hydrogen-bond donors (Lipinski definition) is 2. The number of benzene rings is 2. The minimum Gasteiger partial charge on any atom is -0.492 e. The van der Waals surface area contributed by atoms with E-state index in [-0.39, 0.29) is 11.7 Å². The van der Waals surface area contributed by atoms with Crippen LogP contribution in [0.3, 0.4) is 0 Å². The second kappa shape index (κ2) is 8.71. The number of para-hydroxylation sites is 2. The van der Waals surface area contributed by atoms with Crippen molar-refractivity contribution in [3.8, 4) is 5.75 Å². The number of carbonyl (C=O) groups excluding carboxylic acids is 2. The third-order valence-electron chi connectivity index (χ3n) is 3.90. The summed E-state index contributed by atoms with van der Waals surface area (Å²) in [5.41, 5.74) is 1.62. The second-order valence-electron chi connectivity index (χ2n) is 5.85. The highest BCUT2D eigenvalue weighted by molar-refractivity contribution is 6.08. The van der Waals surface area contributed by atoms with Gasteiger partial charge in [-0.2, -0.15) is 0 Å². The van der Waals surface area contributed by atoms with Crippen molar-refractivity contribution in [1.29, 1.82) is 0 Å². The molecule has 27 heavy (non-hydrogen) atoms. The molecule has 0 saturated heterocycles. The molecular formula is C21H20N2O4. The van der Waals surface area contributed by atoms with Crippen molar-refractivity contribution in [2.75, 3.05) is 18.5 Å². The Morgan fingerprint density at radius 3 is 2.52 bits per heavy atom. The van der Waals surface area contributed by atoms with Crippen LogP contribution in [0.4, 0.5) is 5.69 Å². The quantitative estimate of drug-likeness (QED) is 0.627. The van der Waals surface area contributed by atoms with Gasteiger partial charge >= 0.3 is 0 Å². The van der Waals surface area contributed by atoms with Crippen LogP contribution in [-0.2, 0) is 0 Å². The van der Waals surface area contributed by atoms with Gasteiger partial charge in [-0.15, -0.1) is 0 Å². The van der Waals surface area contributed by atoms with Crippen LogP contribution in [0.25, 0.3) is 0 Å². The first-order valence-corrected chi connectivity index (χ1v) is 8.55. The van der Waals surface area contributed by atoms with Crippen LogP contribution in [0.1, 0.15) is 26.5 Å². The van der Waals surface area contributed by atoms with Gasteiger partial charge in [-0.3, -0.25) is 9.59 Å². The molecule has 2 amide bonds. The van der Waals surface area contributed by atoms with E-state index in [1.807, 2.05) is 43.3 Å². The minimum atomic E-state index is -0.407. The Kier molecular flexibility index (Phi) is 5.89. The maximum absolute atomic E-state index is 12.6. The average molecular weight is 364 g/mol. The van der Waals surface area contributed by atoms with Crippen LogP contribution in [0.5, 0.6) is 5.75 Å². The number of aryl methyl sites for hydroxylation is 1. The molecule has 0 saturated carbocycles. The van der Waals surface area contributed by atoms with Crippen LogP contribution in [0.2, 0.25) is 0 Å². The van der Waals surface area contributed by atoms with Crippen LogP contribution in [-0.4, -0.2) is 25.0 Å². The summed E-state index contributed by atoms with van der Waals surface area (Å²) in [4.78, 5) is 24.8. The van der Waals surface area contributed by atoms with E-state index in [0.29, 0.717) is 24.4 Å². The summed E-state index contributed by atoms with van der Waals surface area (Å²) >= 11 is 0. The van der Waals surface area contributed by atoms with E-state index in [2.05, 4.69) is 10.6 Å². The van der Waals surface area contributed by atoms with Gasteiger partial charge in [0.15, 0.2) is 5.76 Å². The summed E-state index contributed by atoms with van der Waals surface area (Å²) in [6, 6.07) is 17.8. The molecule has 6 heteroatoms. The minimum absolute atomic E-state index is 0.181. The molecule has 0 atom stereocenters. The fourth-order valence-corrected chi connectivity index (χ4v) is 2.55. The van der Waals surface area contributed by atoms with Crippen molar-refractivity contribution in [1.82, 2.24) is 5.32 Å². The van der Waals surface area contributed by atoms with Gasteiger partial charge in [-0.1, -0.05) is 30.3 Å². The molecule has 2 N–H and O–H groups in total. The molecule has 0 bridgehead atoms. The SMILES string of the molecule is Cc1cccc(C(=O)NCCOc2ccccc2)c1NC(=O)c1ccco1. The van der Waals surface area contributed by atoms with Crippen molar-refractivity contribution in [3.63, 3.8) is 0 Å². The molecule has 1 heterocycles. The van der Waals surface area contributed by atoms with Gasteiger partial charge in [-0.25, -0.2) is 0 Å². The summed E-state index contributed by atoms with van der Waals surface area (Å²) in [5, 5.41) is 5.56. The molecule has 138 valence electrons. The van der Waals surface area contributed by atoms with Crippen molar-refractivity contribution in [2.24, 2.45) is 0 Å². The summed E-state index contributed by atoms with van der Waals surface area (Å²) in [5.74, 6) is 0.232. The van der Waals surface area contributed by atoms with Gasteiger partial charge < -0.3 is 19.8 Å². The van der Waals surface area contributed by atoms with E-state index in [0.717, 1.165) is 11.3 Å². The maximum Gasteiger partial charge on any atom is 0.291 e. The first kappa shape index (κ1) is 18.3. The molecule has 3 rings (SSSR count). The molecule has 0 aliphatic rings. The standard InChI is InChI=1S/C21H20N2O4/c1-15-7-5-10-17(19(15)23-21(25)18-11-6-13-27-18)20(24)22-12-14-26-16-8-3-2-4-9-16/h2-11,13H,12,14H2,1H3,(H,22,24)(H,23,25). The van der Waals surface area contributed by atoms with Gasteiger partial charge in [0.1, 0.15) is 12.4 Å².